The number of hydrazone groups is 1. The normalized spacial score (nSPS) is 25.3. The second-order valence-corrected chi connectivity index (χ2v) is 3.47. The van der Waals surface area contributed by atoms with Crippen molar-refractivity contribution >= 4 is 30.5 Å². The van der Waals surface area contributed by atoms with Crippen LogP contribution in [0.5, 0.6) is 0 Å². The van der Waals surface area contributed by atoms with Gasteiger partial charge in [-0.15, -0.1) is 0 Å². The van der Waals surface area contributed by atoms with Crippen molar-refractivity contribution in [3.63, 3.8) is 0 Å². The van der Waals surface area contributed by atoms with Gasteiger partial charge >= 0.3 is 0 Å². The van der Waals surface area contributed by atoms with E-state index in [1.54, 1.807) is 0 Å². The molecule has 90 valence electrons. The molecule has 16 heavy (non-hydrogen) atoms. The Hall–Kier alpha value is -1.24. The molecule has 0 aromatic heterocycles. The van der Waals surface area contributed by atoms with Gasteiger partial charge in [-0.05, 0) is 6.72 Å². The molecule has 5 nitrogen and oxygen atoms in total. The molecule has 0 spiro atoms. The summed E-state index contributed by atoms with van der Waals surface area (Å²) < 4.78 is 24.3. The highest BCUT2D eigenvalue weighted by Crippen LogP contribution is 2.17. The minimum Gasteiger partial charge on any atom is -0.343 e. The van der Waals surface area contributed by atoms with E-state index in [9.17, 15) is 8.78 Å². The Morgan fingerprint density at radius 1 is 1.75 bits per heavy atom. The van der Waals surface area contributed by atoms with E-state index in [2.05, 4.69) is 27.1 Å². The molecule has 0 fully saturated rings. The molecule has 0 bridgehead atoms. The third-order valence-corrected chi connectivity index (χ3v) is 2.44. The van der Waals surface area contributed by atoms with Crippen molar-refractivity contribution < 1.29 is 8.78 Å². The first-order chi connectivity index (χ1) is 7.58. The zero-order valence-corrected chi connectivity index (χ0v) is 9.40. The summed E-state index contributed by atoms with van der Waals surface area (Å²) >= 11 is 5.93. The maximum atomic E-state index is 12.1. The summed E-state index contributed by atoms with van der Waals surface area (Å²) in [7, 11) is 1.53. The molecule has 1 aliphatic heterocycles. The van der Waals surface area contributed by atoms with E-state index < -0.39 is 24.5 Å². The van der Waals surface area contributed by atoms with Gasteiger partial charge in [0.2, 0.25) is 5.96 Å². The van der Waals surface area contributed by atoms with Crippen LogP contribution in [0.3, 0.4) is 0 Å². The van der Waals surface area contributed by atoms with Crippen LogP contribution in [-0.2, 0) is 0 Å². The van der Waals surface area contributed by atoms with Crippen LogP contribution in [-0.4, -0.2) is 55.5 Å². The zero-order valence-electron chi connectivity index (χ0n) is 8.65. The summed E-state index contributed by atoms with van der Waals surface area (Å²) in [5.41, 5.74) is -0.687. The van der Waals surface area contributed by atoms with Crippen molar-refractivity contribution in [1.82, 2.24) is 10.3 Å². The number of alkyl halides is 3. The summed E-state index contributed by atoms with van der Waals surface area (Å²) in [5.74, 6) is 0.293. The van der Waals surface area contributed by atoms with Gasteiger partial charge in [0.15, 0.2) is 0 Å². The number of halogens is 3. The number of hydrogen-bond donors (Lipinski definition) is 1. The highest BCUT2D eigenvalue weighted by molar-refractivity contribution is 6.22. The Morgan fingerprint density at radius 3 is 2.94 bits per heavy atom. The molecule has 2 unspecified atom stereocenters. The lowest BCUT2D eigenvalue weighted by molar-refractivity contribution is 0.0873. The number of hydrogen-bond acceptors (Lipinski definition) is 3. The van der Waals surface area contributed by atoms with Crippen molar-refractivity contribution in [1.29, 1.82) is 0 Å². The van der Waals surface area contributed by atoms with Gasteiger partial charge in [0.1, 0.15) is 11.5 Å². The number of guanidine groups is 1. The summed E-state index contributed by atoms with van der Waals surface area (Å²) in [6.07, 6.45) is -1.04. The average molecular weight is 252 g/mol. The molecule has 1 N–H and O–H groups in total. The van der Waals surface area contributed by atoms with Crippen LogP contribution >= 0.6 is 11.6 Å². The van der Waals surface area contributed by atoms with Gasteiger partial charge in [-0.2, -0.15) is 5.10 Å². The van der Waals surface area contributed by atoms with E-state index >= 15 is 0 Å². The first-order valence-corrected chi connectivity index (χ1v) is 4.95. The molecule has 0 saturated heterocycles. The fraction of sp³-hybridized carbons (Fsp3) is 0.625. The monoisotopic (exact) mass is 251 g/mol. The van der Waals surface area contributed by atoms with Gasteiger partial charge in [-0.1, -0.05) is 11.6 Å². The van der Waals surface area contributed by atoms with Gasteiger partial charge in [-0.3, -0.25) is 10.0 Å². The van der Waals surface area contributed by atoms with E-state index in [4.69, 9.17) is 11.6 Å². The van der Waals surface area contributed by atoms with Crippen molar-refractivity contribution in [3.8, 4) is 0 Å². The summed E-state index contributed by atoms with van der Waals surface area (Å²) in [5, 5.41) is 7.71. The van der Waals surface area contributed by atoms with Crippen LogP contribution in [0.1, 0.15) is 0 Å². The maximum Gasteiger partial charge on any atom is 0.257 e. The number of rotatable bonds is 3. The van der Waals surface area contributed by atoms with Crippen molar-refractivity contribution in [3.05, 3.63) is 0 Å². The van der Waals surface area contributed by atoms with Gasteiger partial charge < -0.3 is 5.32 Å². The third kappa shape index (κ3) is 3.13. The molecular weight excluding hydrogens is 240 g/mol. The molecule has 0 aromatic carbocycles. The summed E-state index contributed by atoms with van der Waals surface area (Å²) in [6, 6.07) is -0.412. The van der Waals surface area contributed by atoms with Crippen LogP contribution in [0, 0.1) is 0 Å². The standard InChI is InChI=1S/C8H12ClF2N5/c1-12-8(13-2)15-5-3-14-16(7(5)9)4-6(10)11/h3,5-7H,1,4H2,2H3,(H,13,15). The molecule has 0 radical (unpaired) electrons. The molecule has 8 heteroatoms. The van der Waals surface area contributed by atoms with Crippen LogP contribution in [0.15, 0.2) is 15.1 Å². The second kappa shape index (κ2) is 5.74. The first-order valence-electron chi connectivity index (χ1n) is 4.51. The van der Waals surface area contributed by atoms with E-state index in [1.165, 1.54) is 13.3 Å². The SMILES string of the molecule is C=NC(=NC)NC1C=NN(CC(F)F)C1Cl. The lowest BCUT2D eigenvalue weighted by atomic mass is 10.3. The number of aliphatic imine (C=N–C) groups is 2. The third-order valence-electron chi connectivity index (χ3n) is 1.94. The fourth-order valence-corrected chi connectivity index (χ4v) is 1.46. The summed E-state index contributed by atoms with van der Waals surface area (Å²) in [4.78, 5) is 7.37. The molecule has 1 aliphatic rings. The zero-order chi connectivity index (χ0) is 12.1. The minimum atomic E-state index is -2.48. The first kappa shape index (κ1) is 12.8. The maximum absolute atomic E-state index is 12.1. The molecular formula is C8H12ClF2N5. The highest BCUT2D eigenvalue weighted by atomic mass is 35.5. The Labute approximate surface area is 96.9 Å². The Balaban J connectivity index is 2.54. The van der Waals surface area contributed by atoms with E-state index in [0.717, 1.165) is 5.01 Å². The smallest absolute Gasteiger partial charge is 0.257 e. The van der Waals surface area contributed by atoms with E-state index in [1.807, 2.05) is 0 Å². The van der Waals surface area contributed by atoms with Crippen molar-refractivity contribution in [2.75, 3.05) is 13.6 Å². The lowest BCUT2D eigenvalue weighted by Crippen LogP contribution is -2.44. The molecule has 2 atom stereocenters. The Morgan fingerprint density at radius 2 is 2.44 bits per heavy atom. The average Bonchev–Trinajstić information content (AvgIpc) is 2.57. The fourth-order valence-electron chi connectivity index (χ4n) is 1.20. The van der Waals surface area contributed by atoms with Gasteiger partial charge in [0.05, 0.1) is 12.8 Å². The highest BCUT2D eigenvalue weighted by Gasteiger charge is 2.31. The van der Waals surface area contributed by atoms with Crippen LogP contribution < -0.4 is 5.32 Å². The summed E-state index contributed by atoms with van der Waals surface area (Å²) in [6.45, 7) is 2.80. The molecule has 0 saturated carbocycles. The quantitative estimate of drug-likeness (QED) is 0.349. The largest absolute Gasteiger partial charge is 0.343 e. The topological polar surface area (TPSA) is 52.4 Å². The number of nitrogens with one attached hydrogen (secondary N) is 1. The van der Waals surface area contributed by atoms with Crippen molar-refractivity contribution in [2.45, 2.75) is 18.0 Å². The van der Waals surface area contributed by atoms with Crippen LogP contribution in [0.2, 0.25) is 0 Å². The van der Waals surface area contributed by atoms with Crippen LogP contribution in [0.4, 0.5) is 8.78 Å². The van der Waals surface area contributed by atoms with Gasteiger partial charge in [0.25, 0.3) is 6.43 Å². The Kier molecular flexibility index (Phi) is 4.60. The van der Waals surface area contributed by atoms with Gasteiger partial charge in [0, 0.05) is 7.05 Å². The van der Waals surface area contributed by atoms with Crippen LogP contribution in [0.25, 0.3) is 0 Å². The predicted molar refractivity (Wildman–Crippen MR) is 60.7 cm³/mol. The molecule has 0 aliphatic carbocycles. The molecule has 1 heterocycles. The van der Waals surface area contributed by atoms with E-state index in [0.29, 0.717) is 5.96 Å². The Bertz CT molecular complexity index is 307. The molecule has 1 rings (SSSR count). The molecule has 0 amide bonds. The van der Waals surface area contributed by atoms with Gasteiger partial charge in [-0.25, -0.2) is 13.8 Å². The predicted octanol–water partition coefficient (Wildman–Crippen LogP) is 0.762. The second-order valence-electron chi connectivity index (χ2n) is 3.03. The minimum absolute atomic E-state index is 0.293. The molecule has 0 aromatic rings. The lowest BCUT2D eigenvalue weighted by Gasteiger charge is -2.22. The van der Waals surface area contributed by atoms with Crippen molar-refractivity contribution in [2.24, 2.45) is 15.1 Å². The van der Waals surface area contributed by atoms with E-state index in [-0.39, 0.29) is 0 Å². The number of nitrogens with zero attached hydrogens (tertiary/aromatic N) is 4.